The predicted octanol–water partition coefficient (Wildman–Crippen LogP) is 1.65. The zero-order valence-corrected chi connectivity index (χ0v) is 28.8. The van der Waals surface area contributed by atoms with Crippen molar-refractivity contribution in [1.82, 2.24) is 21.3 Å². The smallest absolute Gasteiger partial charge is 0.246 e. The summed E-state index contributed by atoms with van der Waals surface area (Å²) < 4.78 is 20.1. The molecule has 0 heterocycles. The fourth-order valence-electron chi connectivity index (χ4n) is 4.70. The SMILES string of the molecule is COCCOCC(=O)NCCC[C@H](NC(=O)COCCOC)C(=O)NCCC(=O)NC(=O)Cc1ccc(CCCCc2ccccc2)cc1. The van der Waals surface area contributed by atoms with E-state index in [0.717, 1.165) is 31.2 Å². The summed E-state index contributed by atoms with van der Waals surface area (Å²) in [6.07, 6.45) is 4.71. The van der Waals surface area contributed by atoms with Crippen LogP contribution in [-0.4, -0.2) is 103 Å². The van der Waals surface area contributed by atoms with Crippen molar-refractivity contribution < 1.29 is 42.9 Å². The van der Waals surface area contributed by atoms with Gasteiger partial charge in [-0.25, -0.2) is 0 Å². The summed E-state index contributed by atoms with van der Waals surface area (Å²) in [5.41, 5.74) is 3.33. The molecule has 49 heavy (non-hydrogen) atoms. The van der Waals surface area contributed by atoms with Crippen molar-refractivity contribution in [2.45, 2.75) is 57.4 Å². The molecule has 0 saturated carbocycles. The van der Waals surface area contributed by atoms with Gasteiger partial charge in [0.25, 0.3) is 0 Å². The second kappa shape index (κ2) is 25.8. The van der Waals surface area contributed by atoms with Crippen molar-refractivity contribution in [3.8, 4) is 0 Å². The van der Waals surface area contributed by atoms with Crippen molar-refractivity contribution in [3.63, 3.8) is 0 Å². The van der Waals surface area contributed by atoms with Crippen LogP contribution in [0.3, 0.4) is 0 Å². The van der Waals surface area contributed by atoms with Crippen LogP contribution >= 0.6 is 0 Å². The first-order valence-electron chi connectivity index (χ1n) is 16.7. The summed E-state index contributed by atoms with van der Waals surface area (Å²) in [5, 5.41) is 10.3. The van der Waals surface area contributed by atoms with E-state index < -0.39 is 29.7 Å². The summed E-state index contributed by atoms with van der Waals surface area (Å²) >= 11 is 0. The van der Waals surface area contributed by atoms with Gasteiger partial charge in [-0.15, -0.1) is 0 Å². The Morgan fingerprint density at radius 3 is 1.84 bits per heavy atom. The fraction of sp³-hybridized carbons (Fsp3) is 0.528. The second-order valence-electron chi connectivity index (χ2n) is 11.4. The molecule has 0 aliphatic heterocycles. The number of carbonyl (C=O) groups excluding carboxylic acids is 5. The van der Waals surface area contributed by atoms with Crippen molar-refractivity contribution in [2.24, 2.45) is 0 Å². The number of imide groups is 1. The van der Waals surface area contributed by atoms with Gasteiger partial charge >= 0.3 is 0 Å². The van der Waals surface area contributed by atoms with Gasteiger partial charge in [-0.1, -0.05) is 54.6 Å². The molecule has 0 spiro atoms. The van der Waals surface area contributed by atoms with Gasteiger partial charge in [-0.05, 0) is 55.2 Å². The molecule has 0 bridgehead atoms. The molecule has 5 amide bonds. The Balaban J connectivity index is 1.71. The van der Waals surface area contributed by atoms with E-state index in [1.165, 1.54) is 25.3 Å². The summed E-state index contributed by atoms with van der Waals surface area (Å²) in [4.78, 5) is 62.0. The number of nitrogens with one attached hydrogen (secondary N) is 4. The van der Waals surface area contributed by atoms with Crippen LogP contribution < -0.4 is 21.3 Å². The van der Waals surface area contributed by atoms with Gasteiger partial charge in [0.15, 0.2) is 0 Å². The largest absolute Gasteiger partial charge is 0.382 e. The molecule has 0 aromatic heterocycles. The van der Waals surface area contributed by atoms with Crippen LogP contribution in [0.25, 0.3) is 0 Å². The Kier molecular flexibility index (Phi) is 21.6. The average molecular weight is 685 g/mol. The van der Waals surface area contributed by atoms with Gasteiger partial charge in [-0.3, -0.25) is 29.3 Å². The van der Waals surface area contributed by atoms with Gasteiger partial charge in [0.05, 0.1) is 32.8 Å². The number of unbranched alkanes of at least 4 members (excludes halogenated alkanes) is 1. The summed E-state index contributed by atoms with van der Waals surface area (Å²) in [7, 11) is 3.05. The Morgan fingerprint density at radius 2 is 1.20 bits per heavy atom. The number of aryl methyl sites for hydroxylation is 2. The minimum atomic E-state index is -0.926. The number of carbonyl (C=O) groups is 5. The molecule has 0 saturated heterocycles. The maximum absolute atomic E-state index is 12.9. The monoisotopic (exact) mass is 684 g/mol. The maximum Gasteiger partial charge on any atom is 0.246 e. The molecule has 1 atom stereocenters. The molecular formula is C36H52N4O9. The van der Waals surface area contributed by atoms with Crippen LogP contribution in [0.1, 0.15) is 48.8 Å². The van der Waals surface area contributed by atoms with E-state index in [0.29, 0.717) is 26.2 Å². The third-order valence-corrected chi connectivity index (χ3v) is 7.31. The lowest BCUT2D eigenvalue weighted by atomic mass is 10.0. The van der Waals surface area contributed by atoms with Crippen LogP contribution in [0, 0.1) is 0 Å². The third kappa shape index (κ3) is 20.1. The van der Waals surface area contributed by atoms with E-state index in [1.807, 2.05) is 30.3 Å². The lowest BCUT2D eigenvalue weighted by Gasteiger charge is -2.19. The molecule has 0 aliphatic rings. The van der Waals surface area contributed by atoms with Gasteiger partial charge < -0.3 is 34.9 Å². The summed E-state index contributed by atoms with van der Waals surface area (Å²) in [5.74, 6) is -2.26. The van der Waals surface area contributed by atoms with Crippen LogP contribution in [0.4, 0.5) is 0 Å². The normalized spacial score (nSPS) is 11.4. The highest BCUT2D eigenvalue weighted by Gasteiger charge is 2.21. The lowest BCUT2D eigenvalue weighted by Crippen LogP contribution is -2.48. The van der Waals surface area contributed by atoms with Gasteiger partial charge in [-0.2, -0.15) is 0 Å². The number of amides is 5. The number of rotatable bonds is 26. The third-order valence-electron chi connectivity index (χ3n) is 7.31. The lowest BCUT2D eigenvalue weighted by molar-refractivity contribution is -0.132. The van der Waals surface area contributed by atoms with Crippen molar-refractivity contribution in [3.05, 3.63) is 71.3 Å². The first-order valence-corrected chi connectivity index (χ1v) is 16.7. The molecule has 0 radical (unpaired) electrons. The molecule has 4 N–H and O–H groups in total. The molecule has 13 nitrogen and oxygen atoms in total. The summed E-state index contributed by atoms with van der Waals surface area (Å²) in [6, 6.07) is 17.3. The Hall–Kier alpha value is -4.17. The zero-order chi connectivity index (χ0) is 35.5. The Bertz CT molecular complexity index is 1260. The highest BCUT2D eigenvalue weighted by Crippen LogP contribution is 2.11. The molecule has 0 unspecified atom stereocenters. The zero-order valence-electron chi connectivity index (χ0n) is 28.8. The molecule has 13 heteroatoms. The first kappa shape index (κ1) is 41.0. The number of hydrogen-bond donors (Lipinski definition) is 4. The van der Waals surface area contributed by atoms with Gasteiger partial charge in [0.2, 0.25) is 29.5 Å². The highest BCUT2D eigenvalue weighted by atomic mass is 16.5. The van der Waals surface area contributed by atoms with E-state index in [-0.39, 0.29) is 58.1 Å². The van der Waals surface area contributed by atoms with Crippen LogP contribution in [0.2, 0.25) is 0 Å². The average Bonchev–Trinajstić information content (AvgIpc) is 3.09. The molecule has 0 fully saturated rings. The predicted molar refractivity (Wildman–Crippen MR) is 184 cm³/mol. The number of methoxy groups -OCH3 is 2. The molecule has 2 aromatic carbocycles. The van der Waals surface area contributed by atoms with Crippen molar-refractivity contribution in [1.29, 1.82) is 0 Å². The fourth-order valence-corrected chi connectivity index (χ4v) is 4.70. The van der Waals surface area contributed by atoms with Crippen LogP contribution in [-0.2, 0) is 62.2 Å². The first-order chi connectivity index (χ1) is 23.8. The molecule has 2 aromatic rings. The number of hydrogen-bond acceptors (Lipinski definition) is 9. The molecular weight excluding hydrogens is 632 g/mol. The summed E-state index contributed by atoms with van der Waals surface area (Å²) in [6.45, 7) is 1.05. The molecule has 2 rings (SSSR count). The Morgan fingerprint density at radius 1 is 0.612 bits per heavy atom. The number of benzene rings is 2. The quantitative estimate of drug-likeness (QED) is 0.108. The van der Waals surface area contributed by atoms with Crippen molar-refractivity contribution >= 4 is 29.5 Å². The second-order valence-corrected chi connectivity index (χ2v) is 11.4. The van der Waals surface area contributed by atoms with Crippen LogP contribution in [0.5, 0.6) is 0 Å². The molecule has 0 aliphatic carbocycles. The highest BCUT2D eigenvalue weighted by molar-refractivity contribution is 5.96. The molecule has 270 valence electrons. The van der Waals surface area contributed by atoms with Crippen molar-refractivity contribution in [2.75, 3.05) is 67.0 Å². The minimum Gasteiger partial charge on any atom is -0.382 e. The standard InChI is InChI=1S/C36H52N4O9/c1-46-21-23-48-26-34(43)37-19-8-13-31(39-35(44)27-49-24-22-47-2)36(45)38-20-18-32(41)40-33(42)25-30-16-14-29(15-17-30)12-7-6-11-28-9-4-3-5-10-28/h3-5,9-10,14-17,31H,6-8,11-13,18-27H2,1-2H3,(H,37,43)(H,38,45)(H,39,44)(H,40,41,42)/t31-/m0/s1. The topological polar surface area (TPSA) is 170 Å². The van der Waals surface area contributed by atoms with E-state index in [9.17, 15) is 24.0 Å². The van der Waals surface area contributed by atoms with E-state index in [4.69, 9.17) is 18.9 Å². The van der Waals surface area contributed by atoms with Gasteiger partial charge in [0, 0.05) is 33.7 Å². The Labute approximate surface area is 289 Å². The van der Waals surface area contributed by atoms with Crippen LogP contribution in [0.15, 0.2) is 54.6 Å². The van der Waals surface area contributed by atoms with E-state index >= 15 is 0 Å². The minimum absolute atomic E-state index is 0.0385. The van der Waals surface area contributed by atoms with E-state index in [2.05, 4.69) is 45.5 Å². The number of ether oxygens (including phenoxy) is 4. The maximum atomic E-state index is 12.9. The van der Waals surface area contributed by atoms with Gasteiger partial charge in [0.1, 0.15) is 19.3 Å². The van der Waals surface area contributed by atoms with E-state index in [1.54, 1.807) is 0 Å².